The lowest BCUT2D eigenvalue weighted by Gasteiger charge is -1.99. The summed E-state index contributed by atoms with van der Waals surface area (Å²) >= 11 is 23.0. The van der Waals surface area contributed by atoms with Gasteiger partial charge in [0.05, 0.1) is 33.2 Å². The van der Waals surface area contributed by atoms with Crippen molar-refractivity contribution >= 4 is 68.7 Å². The average molecular weight is 534 g/mol. The quantitative estimate of drug-likeness (QED) is 0.195. The molecule has 0 heterocycles. The summed E-state index contributed by atoms with van der Waals surface area (Å²) < 4.78 is 31.6. The SMILES string of the molecule is NC(N)=NCc1ccc(Cl)c(Cl)c1.NC(N)=NCc1ccc(Cl)c(Cl)c1.O=S(=O)(O)O. The second-order valence-electron chi connectivity index (χ2n) is 5.43. The summed E-state index contributed by atoms with van der Waals surface area (Å²) in [5, 5.41) is 2.06. The van der Waals surface area contributed by atoms with Gasteiger partial charge in [-0.2, -0.15) is 8.42 Å². The molecule has 0 aliphatic rings. The van der Waals surface area contributed by atoms with Gasteiger partial charge >= 0.3 is 10.4 Å². The standard InChI is InChI=1S/2C8H9Cl2N3.H2O4S/c2*9-6-2-1-5(3-7(6)10)4-13-8(11)12;1-5(2,3)4/h2*1-3H,4H2,(H4,11,12,13);(H2,1,2,3,4). The van der Waals surface area contributed by atoms with E-state index in [1.54, 1.807) is 24.3 Å². The lowest BCUT2D eigenvalue weighted by molar-refractivity contribution is 0.381. The second kappa shape index (κ2) is 14.1. The summed E-state index contributed by atoms with van der Waals surface area (Å²) in [5.41, 5.74) is 22.5. The zero-order valence-electron chi connectivity index (χ0n) is 15.7. The molecule has 0 spiro atoms. The van der Waals surface area contributed by atoms with Gasteiger partial charge in [0.15, 0.2) is 11.9 Å². The van der Waals surface area contributed by atoms with Gasteiger partial charge in [-0.05, 0) is 35.4 Å². The molecule has 0 atom stereocenters. The van der Waals surface area contributed by atoms with Gasteiger partial charge in [0.25, 0.3) is 0 Å². The van der Waals surface area contributed by atoms with Crippen LogP contribution in [0.1, 0.15) is 11.1 Å². The summed E-state index contributed by atoms with van der Waals surface area (Å²) in [5.74, 6) is 0.122. The van der Waals surface area contributed by atoms with Crippen LogP contribution in [0.25, 0.3) is 0 Å². The molecule has 2 rings (SSSR count). The largest absolute Gasteiger partial charge is 0.394 e. The summed E-state index contributed by atoms with van der Waals surface area (Å²) in [7, 11) is -4.67. The first-order valence-electron chi connectivity index (χ1n) is 7.87. The highest BCUT2D eigenvalue weighted by Crippen LogP contribution is 2.23. The summed E-state index contributed by atoms with van der Waals surface area (Å²) in [6.45, 7) is 0.832. The fourth-order valence-corrected chi connectivity index (χ4v) is 2.28. The molecule has 0 radical (unpaired) electrons. The highest BCUT2D eigenvalue weighted by Gasteiger charge is 1.99. The van der Waals surface area contributed by atoms with Crippen LogP contribution < -0.4 is 22.9 Å². The van der Waals surface area contributed by atoms with E-state index in [1.165, 1.54) is 0 Å². The predicted molar refractivity (Wildman–Crippen MR) is 126 cm³/mol. The second-order valence-corrected chi connectivity index (χ2v) is 7.95. The maximum atomic E-state index is 8.74. The van der Waals surface area contributed by atoms with Crippen LogP contribution in [0.2, 0.25) is 20.1 Å². The van der Waals surface area contributed by atoms with Gasteiger partial charge < -0.3 is 22.9 Å². The molecule has 10 nitrogen and oxygen atoms in total. The summed E-state index contributed by atoms with van der Waals surface area (Å²) in [6.07, 6.45) is 0. The Balaban J connectivity index is 0.000000479. The number of rotatable bonds is 4. The van der Waals surface area contributed by atoms with Crippen LogP contribution >= 0.6 is 46.4 Å². The first-order valence-corrected chi connectivity index (χ1v) is 10.8. The molecular formula is C16H20Cl4N6O4S. The van der Waals surface area contributed by atoms with Gasteiger partial charge in [0.1, 0.15) is 0 Å². The van der Waals surface area contributed by atoms with Crippen molar-refractivity contribution in [2.75, 3.05) is 0 Å². The Bertz CT molecular complexity index is 951. The molecule has 172 valence electrons. The van der Waals surface area contributed by atoms with Crippen LogP contribution in [-0.2, 0) is 23.5 Å². The highest BCUT2D eigenvalue weighted by molar-refractivity contribution is 7.79. The molecule has 10 N–H and O–H groups in total. The molecule has 2 aromatic carbocycles. The molecule has 0 aliphatic heterocycles. The third-order valence-electron chi connectivity index (χ3n) is 2.86. The molecule has 0 fully saturated rings. The summed E-state index contributed by atoms with van der Waals surface area (Å²) in [4.78, 5) is 7.67. The van der Waals surface area contributed by atoms with Gasteiger partial charge in [-0.3, -0.25) is 9.11 Å². The number of aliphatic imine (C=N–C) groups is 2. The van der Waals surface area contributed by atoms with E-state index < -0.39 is 10.4 Å². The number of hydrogen-bond acceptors (Lipinski definition) is 4. The molecular weight excluding hydrogens is 514 g/mol. The normalized spacial score (nSPS) is 10.0. The Morgan fingerprint density at radius 2 is 1.00 bits per heavy atom. The Hall–Kier alpha value is -1.99. The molecule has 0 unspecified atom stereocenters. The number of halogens is 4. The van der Waals surface area contributed by atoms with Gasteiger partial charge in [0.2, 0.25) is 0 Å². The summed E-state index contributed by atoms with van der Waals surface area (Å²) in [6, 6.07) is 10.5. The van der Waals surface area contributed by atoms with Crippen LogP contribution in [0.5, 0.6) is 0 Å². The van der Waals surface area contributed by atoms with Crippen LogP contribution in [0, 0.1) is 0 Å². The molecule has 2 aromatic rings. The topological polar surface area (TPSA) is 203 Å². The van der Waals surface area contributed by atoms with E-state index in [0.29, 0.717) is 33.2 Å². The predicted octanol–water partition coefficient (Wildman–Crippen LogP) is 2.88. The Labute approximate surface area is 199 Å². The van der Waals surface area contributed by atoms with Crippen molar-refractivity contribution < 1.29 is 17.5 Å². The van der Waals surface area contributed by atoms with Crippen molar-refractivity contribution in [3.05, 3.63) is 67.6 Å². The molecule has 0 aromatic heterocycles. The van der Waals surface area contributed by atoms with E-state index in [2.05, 4.69) is 9.98 Å². The molecule has 0 saturated carbocycles. The van der Waals surface area contributed by atoms with Crippen LogP contribution in [-0.4, -0.2) is 29.4 Å². The number of benzene rings is 2. The Morgan fingerprint density at radius 3 is 1.23 bits per heavy atom. The molecule has 0 aliphatic carbocycles. The van der Waals surface area contributed by atoms with Gasteiger partial charge in [0, 0.05) is 0 Å². The lowest BCUT2D eigenvalue weighted by Crippen LogP contribution is -2.22. The van der Waals surface area contributed by atoms with Crippen molar-refractivity contribution in [3.63, 3.8) is 0 Å². The number of nitrogens with zero attached hydrogens (tertiary/aromatic N) is 2. The minimum Gasteiger partial charge on any atom is -0.370 e. The molecule has 0 bridgehead atoms. The Morgan fingerprint density at radius 1 is 0.710 bits per heavy atom. The number of guanidine groups is 2. The maximum absolute atomic E-state index is 8.74. The van der Waals surface area contributed by atoms with E-state index in [-0.39, 0.29) is 11.9 Å². The molecule has 15 heteroatoms. The fourth-order valence-electron chi connectivity index (χ4n) is 1.64. The van der Waals surface area contributed by atoms with Gasteiger partial charge in [-0.15, -0.1) is 0 Å². The third-order valence-corrected chi connectivity index (χ3v) is 4.33. The molecule has 0 amide bonds. The fraction of sp³-hybridized carbons (Fsp3) is 0.125. The lowest BCUT2D eigenvalue weighted by atomic mass is 10.2. The smallest absolute Gasteiger partial charge is 0.370 e. The van der Waals surface area contributed by atoms with E-state index in [4.69, 9.17) is 86.9 Å². The first kappa shape index (κ1) is 29.0. The van der Waals surface area contributed by atoms with E-state index >= 15 is 0 Å². The minimum absolute atomic E-state index is 0.0612. The molecule has 31 heavy (non-hydrogen) atoms. The van der Waals surface area contributed by atoms with Crippen molar-refractivity contribution in [1.82, 2.24) is 0 Å². The van der Waals surface area contributed by atoms with Crippen molar-refractivity contribution in [3.8, 4) is 0 Å². The zero-order chi connectivity index (χ0) is 24.2. The van der Waals surface area contributed by atoms with Crippen molar-refractivity contribution in [2.45, 2.75) is 13.1 Å². The van der Waals surface area contributed by atoms with Gasteiger partial charge in [-0.25, -0.2) is 9.98 Å². The van der Waals surface area contributed by atoms with Crippen LogP contribution in [0.15, 0.2) is 46.4 Å². The van der Waals surface area contributed by atoms with E-state index in [1.807, 2.05) is 12.1 Å². The molecule has 0 saturated heterocycles. The monoisotopic (exact) mass is 532 g/mol. The van der Waals surface area contributed by atoms with E-state index in [0.717, 1.165) is 11.1 Å². The zero-order valence-corrected chi connectivity index (χ0v) is 19.6. The maximum Gasteiger partial charge on any atom is 0.394 e. The van der Waals surface area contributed by atoms with E-state index in [9.17, 15) is 0 Å². The number of nitrogens with two attached hydrogens (primary N) is 4. The third kappa shape index (κ3) is 16.4. The minimum atomic E-state index is -4.67. The highest BCUT2D eigenvalue weighted by atomic mass is 35.5. The average Bonchev–Trinajstić information content (AvgIpc) is 2.63. The Kier molecular flexibility index (Phi) is 13.2. The van der Waals surface area contributed by atoms with Crippen molar-refractivity contribution in [2.24, 2.45) is 32.9 Å². The van der Waals surface area contributed by atoms with Crippen molar-refractivity contribution in [1.29, 1.82) is 0 Å². The van der Waals surface area contributed by atoms with Crippen LogP contribution in [0.3, 0.4) is 0 Å². The number of hydrogen-bond donors (Lipinski definition) is 6. The first-order chi connectivity index (χ1) is 14.2. The van der Waals surface area contributed by atoms with Gasteiger partial charge in [-0.1, -0.05) is 58.5 Å². The van der Waals surface area contributed by atoms with Crippen LogP contribution in [0.4, 0.5) is 0 Å².